The van der Waals surface area contributed by atoms with Crippen molar-refractivity contribution < 1.29 is 9.21 Å². The fraction of sp³-hybridized carbons (Fsp3) is 0.375. The topological polar surface area (TPSA) is 83.2 Å². The molecule has 5 rings (SSSR count). The second-order valence-electron chi connectivity index (χ2n) is 8.24. The van der Waals surface area contributed by atoms with Gasteiger partial charge < -0.3 is 19.2 Å². The Morgan fingerprint density at radius 3 is 2.73 bits per heavy atom. The molecule has 1 saturated heterocycles. The van der Waals surface area contributed by atoms with Crippen LogP contribution in [0.5, 0.6) is 0 Å². The Hall–Kier alpha value is -3.04. The van der Waals surface area contributed by atoms with Crippen LogP contribution in [-0.2, 0) is 11.3 Å². The molecule has 0 unspecified atom stereocenters. The highest BCUT2D eigenvalue weighted by molar-refractivity contribution is 8.00. The molecule has 1 N–H and O–H groups in total. The lowest BCUT2D eigenvalue weighted by Gasteiger charge is -2.35. The van der Waals surface area contributed by atoms with Crippen molar-refractivity contribution in [2.75, 3.05) is 32.7 Å². The number of nitrogens with zero attached hydrogens (tertiary/aromatic N) is 5. The largest absolute Gasteiger partial charge is 0.467 e. The monoisotopic (exact) mass is 464 g/mol. The van der Waals surface area contributed by atoms with E-state index < -0.39 is 0 Å². The Morgan fingerprint density at radius 2 is 1.97 bits per heavy atom. The van der Waals surface area contributed by atoms with Crippen molar-refractivity contribution in [2.24, 2.45) is 0 Å². The zero-order valence-corrected chi connectivity index (χ0v) is 19.7. The predicted molar refractivity (Wildman–Crippen MR) is 129 cm³/mol. The van der Waals surface area contributed by atoms with Crippen LogP contribution in [0.3, 0.4) is 0 Å². The molecule has 33 heavy (non-hydrogen) atoms. The van der Waals surface area contributed by atoms with E-state index >= 15 is 0 Å². The summed E-state index contributed by atoms with van der Waals surface area (Å²) >= 11 is 1.46. The molecule has 0 radical (unpaired) electrons. The standard InChI is InChI=1S/C24H28N6O2S/c1-3-28-10-12-29(13-11-28)23(31)17(2)33-24-27-26-22(30(24)16-18-7-6-14-32-18)20-15-25-21-9-5-4-8-19(20)21/h4-9,14-15,17,25H,3,10-13,16H2,1-2H3/t17-/m0/s1. The molecule has 1 fully saturated rings. The summed E-state index contributed by atoms with van der Waals surface area (Å²) in [5.74, 6) is 1.71. The van der Waals surface area contributed by atoms with Gasteiger partial charge in [0.05, 0.1) is 18.1 Å². The van der Waals surface area contributed by atoms with Gasteiger partial charge in [-0.1, -0.05) is 36.9 Å². The molecule has 3 aromatic heterocycles. The molecule has 9 heteroatoms. The predicted octanol–water partition coefficient (Wildman–Crippen LogP) is 3.71. The van der Waals surface area contributed by atoms with E-state index in [1.54, 1.807) is 6.26 Å². The van der Waals surface area contributed by atoms with Gasteiger partial charge in [-0.15, -0.1) is 10.2 Å². The lowest BCUT2D eigenvalue weighted by molar-refractivity contribution is -0.132. The molecule has 0 aliphatic carbocycles. The van der Waals surface area contributed by atoms with Crippen LogP contribution in [-0.4, -0.2) is 73.4 Å². The molecule has 0 saturated carbocycles. The van der Waals surface area contributed by atoms with E-state index in [9.17, 15) is 4.79 Å². The van der Waals surface area contributed by atoms with Gasteiger partial charge in [-0.3, -0.25) is 9.36 Å². The first-order valence-corrected chi connectivity index (χ1v) is 12.2. The summed E-state index contributed by atoms with van der Waals surface area (Å²) in [6.45, 7) is 9.04. The van der Waals surface area contributed by atoms with Crippen molar-refractivity contribution in [3.63, 3.8) is 0 Å². The molecule has 1 amide bonds. The number of carbonyl (C=O) groups excluding carboxylic acids is 1. The van der Waals surface area contributed by atoms with Crippen LogP contribution in [0.25, 0.3) is 22.3 Å². The number of carbonyl (C=O) groups is 1. The number of nitrogens with one attached hydrogen (secondary N) is 1. The summed E-state index contributed by atoms with van der Waals surface area (Å²) in [4.78, 5) is 20.8. The fourth-order valence-corrected chi connectivity index (χ4v) is 5.22. The first-order chi connectivity index (χ1) is 16.1. The molecule has 4 aromatic rings. The summed E-state index contributed by atoms with van der Waals surface area (Å²) in [6.07, 6.45) is 3.63. The van der Waals surface area contributed by atoms with Crippen molar-refractivity contribution in [3.8, 4) is 11.4 Å². The number of furan rings is 1. The molecule has 1 aliphatic rings. The van der Waals surface area contributed by atoms with Gasteiger partial charge in [-0.2, -0.15) is 0 Å². The maximum absolute atomic E-state index is 13.1. The molecule has 4 heterocycles. The van der Waals surface area contributed by atoms with Gasteiger partial charge in [0.15, 0.2) is 11.0 Å². The van der Waals surface area contributed by atoms with E-state index in [4.69, 9.17) is 4.42 Å². The first-order valence-electron chi connectivity index (χ1n) is 11.3. The second-order valence-corrected chi connectivity index (χ2v) is 9.55. The third-order valence-electron chi connectivity index (χ3n) is 6.20. The van der Waals surface area contributed by atoms with Crippen molar-refractivity contribution in [3.05, 3.63) is 54.6 Å². The fourth-order valence-electron chi connectivity index (χ4n) is 4.28. The van der Waals surface area contributed by atoms with Crippen LogP contribution in [0.15, 0.2) is 58.4 Å². The highest BCUT2D eigenvalue weighted by Crippen LogP contribution is 2.32. The van der Waals surface area contributed by atoms with Crippen LogP contribution >= 0.6 is 11.8 Å². The highest BCUT2D eigenvalue weighted by atomic mass is 32.2. The molecule has 8 nitrogen and oxygen atoms in total. The molecular formula is C24H28N6O2S. The average Bonchev–Trinajstić information content (AvgIpc) is 3.60. The summed E-state index contributed by atoms with van der Waals surface area (Å²) < 4.78 is 7.66. The number of rotatable bonds is 7. The first kappa shape index (κ1) is 21.8. The van der Waals surface area contributed by atoms with E-state index in [0.717, 1.165) is 60.8 Å². The summed E-state index contributed by atoms with van der Waals surface area (Å²) in [5, 5.41) is 10.6. The maximum Gasteiger partial charge on any atom is 0.235 e. The van der Waals surface area contributed by atoms with Crippen molar-refractivity contribution in [1.29, 1.82) is 0 Å². The number of thioether (sulfide) groups is 1. The molecule has 0 spiro atoms. The third kappa shape index (κ3) is 4.43. The molecule has 172 valence electrons. The number of likely N-dealkylation sites (N-methyl/N-ethyl adjacent to an activating group) is 1. The highest BCUT2D eigenvalue weighted by Gasteiger charge is 2.27. The number of para-hydroxylation sites is 1. The quantitative estimate of drug-likeness (QED) is 0.420. The van der Waals surface area contributed by atoms with E-state index in [2.05, 4.69) is 33.1 Å². The SMILES string of the molecule is CCN1CCN(C(=O)[C@H](C)Sc2nnc(-c3c[nH]c4ccccc34)n2Cc2ccco2)CC1. The van der Waals surface area contributed by atoms with Gasteiger partial charge in [0, 0.05) is 48.8 Å². The number of benzene rings is 1. The summed E-state index contributed by atoms with van der Waals surface area (Å²) in [5.41, 5.74) is 2.02. The van der Waals surface area contributed by atoms with Crippen LogP contribution in [0.4, 0.5) is 0 Å². The van der Waals surface area contributed by atoms with Gasteiger partial charge in [0.1, 0.15) is 5.76 Å². The van der Waals surface area contributed by atoms with E-state index in [1.165, 1.54) is 11.8 Å². The number of aromatic amines is 1. The smallest absolute Gasteiger partial charge is 0.235 e. The zero-order valence-electron chi connectivity index (χ0n) is 18.9. The normalized spacial score (nSPS) is 15.9. The number of hydrogen-bond donors (Lipinski definition) is 1. The molecule has 0 bridgehead atoms. The number of piperazine rings is 1. The van der Waals surface area contributed by atoms with Gasteiger partial charge in [-0.25, -0.2) is 0 Å². The summed E-state index contributed by atoms with van der Waals surface area (Å²) in [7, 11) is 0. The Balaban J connectivity index is 1.42. The number of amides is 1. The average molecular weight is 465 g/mol. The molecule has 1 aromatic carbocycles. The number of aromatic nitrogens is 4. The van der Waals surface area contributed by atoms with Gasteiger partial charge in [0.25, 0.3) is 0 Å². The number of H-pyrrole nitrogens is 1. The third-order valence-corrected chi connectivity index (χ3v) is 7.27. The Morgan fingerprint density at radius 1 is 1.15 bits per heavy atom. The van der Waals surface area contributed by atoms with Crippen molar-refractivity contribution in [1.82, 2.24) is 29.5 Å². The molecule has 1 aliphatic heterocycles. The Bertz CT molecular complexity index is 1220. The maximum atomic E-state index is 13.1. The van der Waals surface area contributed by atoms with Crippen molar-refractivity contribution >= 4 is 28.6 Å². The molecule has 1 atom stereocenters. The number of hydrogen-bond acceptors (Lipinski definition) is 6. The van der Waals surface area contributed by atoms with E-state index in [-0.39, 0.29) is 11.2 Å². The second kappa shape index (κ2) is 9.44. The Kier molecular flexibility index (Phi) is 6.24. The Labute approximate surface area is 197 Å². The lowest BCUT2D eigenvalue weighted by Crippen LogP contribution is -2.50. The van der Waals surface area contributed by atoms with Crippen LogP contribution < -0.4 is 0 Å². The van der Waals surface area contributed by atoms with E-state index in [0.29, 0.717) is 11.7 Å². The van der Waals surface area contributed by atoms with Crippen LogP contribution in [0.1, 0.15) is 19.6 Å². The molecular weight excluding hydrogens is 436 g/mol. The van der Waals surface area contributed by atoms with E-state index in [1.807, 2.05) is 52.9 Å². The minimum absolute atomic E-state index is 0.150. The van der Waals surface area contributed by atoms with Gasteiger partial charge in [0.2, 0.25) is 5.91 Å². The lowest BCUT2D eigenvalue weighted by atomic mass is 10.1. The van der Waals surface area contributed by atoms with Crippen LogP contribution in [0, 0.1) is 0 Å². The minimum Gasteiger partial charge on any atom is -0.467 e. The van der Waals surface area contributed by atoms with Crippen molar-refractivity contribution in [2.45, 2.75) is 30.8 Å². The van der Waals surface area contributed by atoms with Crippen LogP contribution in [0.2, 0.25) is 0 Å². The zero-order chi connectivity index (χ0) is 22.8. The number of fused-ring (bicyclic) bond motifs is 1. The minimum atomic E-state index is -0.256. The summed E-state index contributed by atoms with van der Waals surface area (Å²) in [6, 6.07) is 11.9. The van der Waals surface area contributed by atoms with Gasteiger partial charge >= 0.3 is 0 Å². The van der Waals surface area contributed by atoms with Gasteiger partial charge in [-0.05, 0) is 31.7 Å².